The molecule has 140 valence electrons. The first-order chi connectivity index (χ1) is 12.6. The van der Waals surface area contributed by atoms with Crippen molar-refractivity contribution in [3.05, 3.63) is 51.7 Å². The van der Waals surface area contributed by atoms with Gasteiger partial charge in [-0.3, -0.25) is 9.69 Å². The standard InChI is InChI=1S/C21H28N2O2S/c1-15-8-10-23(11-9-15)18(20-5-4-12-26-20)14-22-21(24)17-7-6-16(2)19(13-17)25-3/h4-7,12-13,15,18H,8-11,14H2,1-3H3,(H,22,24). The number of benzene rings is 1. The van der Waals surface area contributed by atoms with Crippen molar-refractivity contribution >= 4 is 17.2 Å². The van der Waals surface area contributed by atoms with Gasteiger partial charge in [0.25, 0.3) is 5.91 Å². The Balaban J connectivity index is 1.68. The molecule has 1 aliphatic heterocycles. The molecule has 0 bridgehead atoms. The van der Waals surface area contributed by atoms with Crippen LogP contribution in [0.15, 0.2) is 35.7 Å². The zero-order valence-electron chi connectivity index (χ0n) is 15.8. The van der Waals surface area contributed by atoms with Gasteiger partial charge in [-0.15, -0.1) is 11.3 Å². The van der Waals surface area contributed by atoms with Gasteiger partial charge in [-0.25, -0.2) is 0 Å². The number of thiophene rings is 1. The summed E-state index contributed by atoms with van der Waals surface area (Å²) in [7, 11) is 1.63. The third-order valence-corrected chi connectivity index (χ3v) is 6.23. The van der Waals surface area contributed by atoms with E-state index in [4.69, 9.17) is 4.74 Å². The van der Waals surface area contributed by atoms with Crippen molar-refractivity contribution in [1.29, 1.82) is 0 Å². The molecule has 5 heteroatoms. The minimum atomic E-state index is -0.0461. The highest BCUT2D eigenvalue weighted by Gasteiger charge is 2.25. The number of amides is 1. The average molecular weight is 373 g/mol. The van der Waals surface area contributed by atoms with Gasteiger partial charge in [-0.2, -0.15) is 0 Å². The van der Waals surface area contributed by atoms with Crippen molar-refractivity contribution in [3.63, 3.8) is 0 Å². The lowest BCUT2D eigenvalue weighted by Gasteiger charge is -2.36. The minimum absolute atomic E-state index is 0.0461. The van der Waals surface area contributed by atoms with Crippen molar-refractivity contribution in [3.8, 4) is 5.75 Å². The molecule has 0 radical (unpaired) electrons. The molecule has 1 amide bonds. The second kappa shape index (κ2) is 8.69. The quantitative estimate of drug-likeness (QED) is 0.823. The summed E-state index contributed by atoms with van der Waals surface area (Å²) in [6.07, 6.45) is 2.45. The smallest absolute Gasteiger partial charge is 0.251 e. The Labute approximate surface area is 160 Å². The number of hydrogen-bond acceptors (Lipinski definition) is 4. The van der Waals surface area contributed by atoms with Crippen LogP contribution in [0.3, 0.4) is 0 Å². The number of rotatable bonds is 6. The van der Waals surface area contributed by atoms with E-state index in [-0.39, 0.29) is 11.9 Å². The average Bonchev–Trinajstić information content (AvgIpc) is 3.18. The van der Waals surface area contributed by atoms with Crippen LogP contribution in [-0.2, 0) is 0 Å². The number of nitrogens with zero attached hydrogens (tertiary/aromatic N) is 1. The summed E-state index contributed by atoms with van der Waals surface area (Å²) in [4.78, 5) is 16.5. The van der Waals surface area contributed by atoms with Crippen molar-refractivity contribution < 1.29 is 9.53 Å². The van der Waals surface area contributed by atoms with Crippen LogP contribution in [0.5, 0.6) is 5.75 Å². The van der Waals surface area contributed by atoms with Crippen LogP contribution < -0.4 is 10.1 Å². The lowest BCUT2D eigenvalue weighted by Crippen LogP contribution is -2.41. The normalized spacial score (nSPS) is 17.0. The molecule has 1 atom stereocenters. The molecular weight excluding hydrogens is 344 g/mol. The van der Waals surface area contributed by atoms with E-state index < -0.39 is 0 Å². The van der Waals surface area contributed by atoms with Crippen molar-refractivity contribution in [2.75, 3.05) is 26.7 Å². The highest BCUT2D eigenvalue weighted by atomic mass is 32.1. The maximum atomic E-state index is 12.7. The van der Waals surface area contributed by atoms with Gasteiger partial charge in [0.15, 0.2) is 0 Å². The summed E-state index contributed by atoms with van der Waals surface area (Å²) in [5, 5.41) is 5.25. The largest absolute Gasteiger partial charge is 0.496 e. The number of likely N-dealkylation sites (tertiary alicyclic amines) is 1. The highest BCUT2D eigenvalue weighted by molar-refractivity contribution is 7.10. The van der Waals surface area contributed by atoms with Gasteiger partial charge in [-0.1, -0.05) is 19.1 Å². The molecule has 0 saturated carbocycles. The molecule has 0 spiro atoms. The van der Waals surface area contributed by atoms with E-state index in [0.717, 1.165) is 30.3 Å². The fourth-order valence-electron chi connectivity index (χ4n) is 3.48. The van der Waals surface area contributed by atoms with Gasteiger partial charge in [0.2, 0.25) is 0 Å². The monoisotopic (exact) mass is 372 g/mol. The van der Waals surface area contributed by atoms with Crippen LogP contribution in [0, 0.1) is 12.8 Å². The number of aryl methyl sites for hydroxylation is 1. The summed E-state index contributed by atoms with van der Waals surface area (Å²) >= 11 is 1.77. The Morgan fingerprint density at radius 2 is 2.12 bits per heavy atom. The molecule has 4 nitrogen and oxygen atoms in total. The number of piperidine rings is 1. The number of methoxy groups -OCH3 is 1. The molecule has 1 N–H and O–H groups in total. The summed E-state index contributed by atoms with van der Waals surface area (Å²) in [5.74, 6) is 1.50. The zero-order chi connectivity index (χ0) is 18.5. The molecule has 1 aromatic carbocycles. The maximum Gasteiger partial charge on any atom is 0.251 e. The third kappa shape index (κ3) is 4.46. The van der Waals surface area contributed by atoms with Gasteiger partial charge in [0, 0.05) is 17.0 Å². The van der Waals surface area contributed by atoms with Gasteiger partial charge in [0.05, 0.1) is 13.2 Å². The third-order valence-electron chi connectivity index (χ3n) is 5.26. The van der Waals surface area contributed by atoms with Crippen LogP contribution in [0.2, 0.25) is 0 Å². The SMILES string of the molecule is COc1cc(C(=O)NCC(c2cccs2)N2CCC(C)CC2)ccc1C. The Morgan fingerprint density at radius 3 is 2.77 bits per heavy atom. The van der Waals surface area contributed by atoms with Crippen molar-refractivity contribution in [2.45, 2.75) is 32.7 Å². The first kappa shape index (κ1) is 18.9. The predicted molar refractivity (Wildman–Crippen MR) is 107 cm³/mol. The van der Waals surface area contributed by atoms with Crippen molar-refractivity contribution in [1.82, 2.24) is 10.2 Å². The number of ether oxygens (including phenoxy) is 1. The number of carbonyl (C=O) groups is 1. The molecule has 1 saturated heterocycles. The van der Waals surface area contributed by atoms with Gasteiger partial charge < -0.3 is 10.1 Å². The molecule has 1 aromatic heterocycles. The van der Waals surface area contributed by atoms with Crippen LogP contribution >= 0.6 is 11.3 Å². The topological polar surface area (TPSA) is 41.6 Å². The second-order valence-electron chi connectivity index (χ2n) is 7.14. The molecule has 2 heterocycles. The lowest BCUT2D eigenvalue weighted by molar-refractivity contribution is 0.0914. The first-order valence-corrected chi connectivity index (χ1v) is 10.2. The molecule has 1 unspecified atom stereocenters. The van der Waals surface area contributed by atoms with E-state index >= 15 is 0 Å². The molecule has 0 aliphatic carbocycles. The van der Waals surface area contributed by atoms with Crippen LogP contribution in [0.1, 0.15) is 46.6 Å². The van der Waals surface area contributed by atoms with E-state index in [1.165, 1.54) is 17.7 Å². The summed E-state index contributed by atoms with van der Waals surface area (Å²) in [5.41, 5.74) is 1.67. The lowest BCUT2D eigenvalue weighted by atomic mass is 9.97. The fourth-order valence-corrected chi connectivity index (χ4v) is 4.34. The Kier molecular flexibility index (Phi) is 6.33. The van der Waals surface area contributed by atoms with Crippen LogP contribution in [-0.4, -0.2) is 37.6 Å². The molecule has 2 aromatic rings. The summed E-state index contributed by atoms with van der Waals surface area (Å²) in [6, 6.07) is 10.1. The molecule has 1 fully saturated rings. The van der Waals surface area contributed by atoms with Crippen LogP contribution in [0.25, 0.3) is 0 Å². The fraction of sp³-hybridized carbons (Fsp3) is 0.476. The van der Waals surface area contributed by atoms with Crippen LogP contribution in [0.4, 0.5) is 0 Å². The second-order valence-corrected chi connectivity index (χ2v) is 8.12. The predicted octanol–water partition coefficient (Wildman–Crippen LogP) is 4.27. The van der Waals surface area contributed by atoms with E-state index in [1.807, 2.05) is 25.1 Å². The van der Waals surface area contributed by atoms with E-state index in [0.29, 0.717) is 12.1 Å². The Hall–Kier alpha value is -1.85. The summed E-state index contributed by atoms with van der Waals surface area (Å²) in [6.45, 7) is 7.12. The maximum absolute atomic E-state index is 12.7. The Morgan fingerprint density at radius 1 is 1.35 bits per heavy atom. The Bertz CT molecular complexity index is 722. The first-order valence-electron chi connectivity index (χ1n) is 9.28. The van der Waals surface area contributed by atoms with E-state index in [9.17, 15) is 4.79 Å². The number of carbonyl (C=O) groups excluding carboxylic acids is 1. The number of nitrogens with one attached hydrogen (secondary N) is 1. The van der Waals surface area contributed by atoms with Gasteiger partial charge in [0.1, 0.15) is 5.75 Å². The summed E-state index contributed by atoms with van der Waals surface area (Å²) < 4.78 is 5.34. The molecule has 26 heavy (non-hydrogen) atoms. The zero-order valence-corrected chi connectivity index (χ0v) is 16.6. The minimum Gasteiger partial charge on any atom is -0.496 e. The molecular formula is C21H28N2O2S. The number of hydrogen-bond donors (Lipinski definition) is 1. The molecule has 3 rings (SSSR count). The van der Waals surface area contributed by atoms with Gasteiger partial charge in [-0.05, 0) is 67.9 Å². The van der Waals surface area contributed by atoms with E-state index in [1.54, 1.807) is 18.4 Å². The van der Waals surface area contributed by atoms with E-state index in [2.05, 4.69) is 34.7 Å². The van der Waals surface area contributed by atoms with Gasteiger partial charge >= 0.3 is 0 Å². The van der Waals surface area contributed by atoms with Crippen molar-refractivity contribution in [2.24, 2.45) is 5.92 Å². The highest BCUT2D eigenvalue weighted by Crippen LogP contribution is 2.29. The molecule has 1 aliphatic rings.